The molecule has 2 aromatic carbocycles. The van der Waals surface area contributed by atoms with Crippen molar-refractivity contribution in [1.82, 2.24) is 9.29 Å². The molecule has 4 rings (SSSR count). The van der Waals surface area contributed by atoms with Gasteiger partial charge in [-0.25, -0.2) is 8.42 Å². The fraction of sp³-hybridized carbons (Fsp3) is 0.130. The fourth-order valence-corrected chi connectivity index (χ4v) is 4.50. The molecule has 1 aliphatic rings. The van der Waals surface area contributed by atoms with Gasteiger partial charge in [0.2, 0.25) is 10.0 Å². The van der Waals surface area contributed by atoms with Crippen molar-refractivity contribution in [2.45, 2.75) is 13.0 Å². The second kappa shape index (κ2) is 8.61. The number of anilines is 1. The normalized spacial score (nSPS) is 14.4. The van der Waals surface area contributed by atoms with Crippen molar-refractivity contribution in [2.24, 2.45) is 0 Å². The zero-order valence-electron chi connectivity index (χ0n) is 16.2. The summed E-state index contributed by atoms with van der Waals surface area (Å²) in [6.07, 6.45) is 3.80. The molecule has 0 saturated heterocycles. The molecule has 0 unspecified atom stereocenters. The Morgan fingerprint density at radius 3 is 2.57 bits per heavy atom. The highest BCUT2D eigenvalue weighted by Crippen LogP contribution is 2.25. The Hall–Kier alpha value is -3.29. The van der Waals surface area contributed by atoms with Gasteiger partial charge < -0.3 is 5.32 Å². The third-order valence-corrected chi connectivity index (χ3v) is 6.44. The van der Waals surface area contributed by atoms with Crippen LogP contribution in [0.2, 0.25) is 0 Å². The van der Waals surface area contributed by atoms with E-state index in [0.29, 0.717) is 24.3 Å². The summed E-state index contributed by atoms with van der Waals surface area (Å²) in [5.41, 5.74) is 3.74. The molecule has 0 atom stereocenters. The Morgan fingerprint density at radius 1 is 1.00 bits per heavy atom. The third-order valence-electron chi connectivity index (χ3n) is 4.93. The summed E-state index contributed by atoms with van der Waals surface area (Å²) in [4.78, 5) is 16.4. The van der Waals surface area contributed by atoms with Gasteiger partial charge in [-0.2, -0.15) is 4.31 Å². The van der Waals surface area contributed by atoms with Crippen LogP contribution in [0.15, 0.2) is 78.3 Å². The highest BCUT2D eigenvalue weighted by Gasteiger charge is 2.25. The molecule has 1 N–H and O–H groups in total. The van der Waals surface area contributed by atoms with E-state index in [9.17, 15) is 13.2 Å². The zero-order chi connectivity index (χ0) is 21.0. The molecule has 1 amide bonds. The first kappa shape index (κ1) is 20.0. The zero-order valence-corrected chi connectivity index (χ0v) is 17.0. The molecule has 30 heavy (non-hydrogen) atoms. The van der Waals surface area contributed by atoms with Crippen molar-refractivity contribution in [3.05, 3.63) is 101 Å². The van der Waals surface area contributed by atoms with E-state index in [4.69, 9.17) is 0 Å². The lowest BCUT2D eigenvalue weighted by Crippen LogP contribution is -2.34. The molecule has 7 heteroatoms. The minimum Gasteiger partial charge on any atom is -0.321 e. The molecule has 0 spiro atoms. The number of hydrogen-bond acceptors (Lipinski definition) is 4. The summed E-state index contributed by atoms with van der Waals surface area (Å²) in [7, 11) is -3.55. The Morgan fingerprint density at radius 2 is 1.80 bits per heavy atom. The predicted octanol–water partition coefficient (Wildman–Crippen LogP) is 3.69. The fourth-order valence-electron chi connectivity index (χ4n) is 3.33. The second-order valence-electron chi connectivity index (χ2n) is 6.99. The highest BCUT2D eigenvalue weighted by molar-refractivity contribution is 7.92. The van der Waals surface area contributed by atoms with Gasteiger partial charge in [0.05, 0.1) is 0 Å². The molecule has 0 fully saturated rings. The van der Waals surface area contributed by atoms with E-state index in [0.717, 1.165) is 16.7 Å². The molecule has 6 nitrogen and oxygen atoms in total. The van der Waals surface area contributed by atoms with E-state index in [-0.39, 0.29) is 12.5 Å². The minimum absolute atomic E-state index is 0.268. The summed E-state index contributed by atoms with van der Waals surface area (Å²) in [6, 6.07) is 20.1. The van der Waals surface area contributed by atoms with Crippen molar-refractivity contribution < 1.29 is 13.2 Å². The van der Waals surface area contributed by atoms with E-state index < -0.39 is 10.0 Å². The molecule has 1 aliphatic heterocycles. The second-order valence-corrected chi connectivity index (χ2v) is 8.81. The van der Waals surface area contributed by atoms with Gasteiger partial charge >= 0.3 is 0 Å². The van der Waals surface area contributed by atoms with Crippen molar-refractivity contribution in [2.75, 3.05) is 11.9 Å². The van der Waals surface area contributed by atoms with Crippen LogP contribution in [-0.2, 0) is 23.0 Å². The summed E-state index contributed by atoms with van der Waals surface area (Å²) in [6.45, 7) is 0.693. The number of hydrogen-bond donors (Lipinski definition) is 1. The van der Waals surface area contributed by atoms with Gasteiger partial charge in [-0.05, 0) is 53.5 Å². The smallest absolute Gasteiger partial charge is 0.274 e. The molecule has 2 heterocycles. The van der Waals surface area contributed by atoms with E-state index in [1.807, 2.05) is 48.5 Å². The van der Waals surface area contributed by atoms with Crippen molar-refractivity contribution >= 4 is 27.7 Å². The number of carbonyl (C=O) groups is 1. The number of aromatic nitrogens is 1. The lowest BCUT2D eigenvalue weighted by molar-refractivity contribution is 0.102. The van der Waals surface area contributed by atoms with Crippen LogP contribution in [0.1, 0.15) is 27.2 Å². The van der Waals surface area contributed by atoms with E-state index in [2.05, 4.69) is 10.3 Å². The lowest BCUT2D eigenvalue weighted by Gasteiger charge is -2.27. The van der Waals surface area contributed by atoms with E-state index in [1.165, 1.54) is 9.71 Å². The van der Waals surface area contributed by atoms with Crippen LogP contribution in [0.4, 0.5) is 5.69 Å². The van der Waals surface area contributed by atoms with Gasteiger partial charge in [0, 0.05) is 30.4 Å². The average molecular weight is 420 g/mol. The Kier molecular flexibility index (Phi) is 5.74. The lowest BCUT2D eigenvalue weighted by atomic mass is 10.0. The number of pyridine rings is 1. The summed E-state index contributed by atoms with van der Waals surface area (Å²) >= 11 is 0. The average Bonchev–Trinajstić information content (AvgIpc) is 2.78. The first-order valence-corrected chi connectivity index (χ1v) is 11.1. The molecule has 1 aromatic heterocycles. The van der Waals surface area contributed by atoms with E-state index >= 15 is 0 Å². The number of fused-ring (bicyclic) bond motifs is 1. The van der Waals surface area contributed by atoms with Gasteiger partial charge in [-0.3, -0.25) is 9.78 Å². The maximum atomic E-state index is 12.8. The van der Waals surface area contributed by atoms with Crippen LogP contribution < -0.4 is 5.32 Å². The monoisotopic (exact) mass is 419 g/mol. The maximum Gasteiger partial charge on any atom is 0.274 e. The van der Waals surface area contributed by atoms with Gasteiger partial charge in [0.25, 0.3) is 5.91 Å². The topological polar surface area (TPSA) is 79.4 Å². The van der Waals surface area contributed by atoms with Crippen LogP contribution in [0.25, 0.3) is 6.08 Å². The summed E-state index contributed by atoms with van der Waals surface area (Å²) in [5, 5.41) is 4.08. The molecular formula is C23H21N3O3S. The Labute approximate surface area is 175 Å². The number of nitrogens with zero attached hydrogens (tertiary/aromatic N) is 2. The first-order chi connectivity index (χ1) is 14.5. The number of rotatable bonds is 5. The van der Waals surface area contributed by atoms with Crippen molar-refractivity contribution in [3.8, 4) is 0 Å². The molecule has 0 aliphatic carbocycles. The number of carbonyl (C=O) groups excluding carboxylic acids is 1. The molecule has 0 bridgehead atoms. The van der Waals surface area contributed by atoms with Crippen LogP contribution in [0.3, 0.4) is 0 Å². The molecule has 0 radical (unpaired) electrons. The van der Waals surface area contributed by atoms with Crippen LogP contribution in [0, 0.1) is 0 Å². The highest BCUT2D eigenvalue weighted by atomic mass is 32.2. The molecule has 0 saturated carbocycles. The van der Waals surface area contributed by atoms with Gasteiger partial charge in [0.1, 0.15) is 5.69 Å². The standard InChI is InChI=1S/C23H21N3O3S/c27-23(22-8-4-5-13-24-22)25-21-10-9-19-11-14-26(17-20(19)16-21)30(28,29)15-12-18-6-2-1-3-7-18/h1-10,12-13,15-16H,11,14,17H2,(H,25,27)/b15-12+. The third kappa shape index (κ3) is 4.64. The SMILES string of the molecule is O=C(Nc1ccc2c(c1)CN(S(=O)(=O)/C=C/c1ccccc1)CC2)c1ccccn1. The molecular weight excluding hydrogens is 398 g/mol. The first-order valence-electron chi connectivity index (χ1n) is 9.59. The van der Waals surface area contributed by atoms with Gasteiger partial charge in [-0.15, -0.1) is 0 Å². The van der Waals surface area contributed by atoms with Gasteiger partial charge in [0.15, 0.2) is 0 Å². The number of sulfonamides is 1. The number of benzene rings is 2. The Balaban J connectivity index is 1.49. The van der Waals surface area contributed by atoms with Crippen LogP contribution in [0.5, 0.6) is 0 Å². The quantitative estimate of drug-likeness (QED) is 0.684. The maximum absolute atomic E-state index is 12.8. The van der Waals surface area contributed by atoms with E-state index in [1.54, 1.807) is 30.5 Å². The minimum atomic E-state index is -3.55. The summed E-state index contributed by atoms with van der Waals surface area (Å²) in [5.74, 6) is -0.304. The van der Waals surface area contributed by atoms with Crippen LogP contribution >= 0.6 is 0 Å². The number of nitrogens with one attached hydrogen (secondary N) is 1. The number of amides is 1. The summed E-state index contributed by atoms with van der Waals surface area (Å²) < 4.78 is 27.0. The van der Waals surface area contributed by atoms with Crippen molar-refractivity contribution in [3.63, 3.8) is 0 Å². The van der Waals surface area contributed by atoms with Crippen molar-refractivity contribution in [1.29, 1.82) is 0 Å². The molecule has 152 valence electrons. The van der Waals surface area contributed by atoms with Crippen LogP contribution in [-0.4, -0.2) is 30.2 Å². The predicted molar refractivity (Wildman–Crippen MR) is 117 cm³/mol. The van der Waals surface area contributed by atoms with Gasteiger partial charge in [-0.1, -0.05) is 42.5 Å². The molecule has 3 aromatic rings. The largest absolute Gasteiger partial charge is 0.321 e. The Bertz CT molecular complexity index is 1180.